The van der Waals surface area contributed by atoms with Gasteiger partial charge in [0.05, 0.1) is 47.6 Å². The molecule has 47 heavy (non-hydrogen) atoms. The van der Waals surface area contributed by atoms with Gasteiger partial charge >= 0.3 is 5.69 Å². The molecule has 2 aliphatic rings. The van der Waals surface area contributed by atoms with Crippen LogP contribution in [0.1, 0.15) is 62.7 Å². The number of aromatic nitrogens is 6. The fraction of sp³-hybridized carbons (Fsp3) is 0.424. The number of hydrogen-bond donors (Lipinski definition) is 2. The molecule has 12 nitrogen and oxygen atoms in total. The van der Waals surface area contributed by atoms with Crippen molar-refractivity contribution in [3.63, 3.8) is 0 Å². The van der Waals surface area contributed by atoms with Gasteiger partial charge in [0.25, 0.3) is 6.43 Å². The molecule has 1 saturated carbocycles. The number of rotatable bonds is 9. The van der Waals surface area contributed by atoms with Gasteiger partial charge in [-0.25, -0.2) is 13.6 Å². The van der Waals surface area contributed by atoms with Crippen LogP contribution in [0.3, 0.4) is 0 Å². The molecule has 1 unspecified atom stereocenters. The van der Waals surface area contributed by atoms with Gasteiger partial charge in [-0.05, 0) is 61.8 Å². The monoisotopic (exact) mass is 646 g/mol. The number of amides is 2. The second kappa shape index (κ2) is 12.4. The smallest absolute Gasteiger partial charge is 0.329 e. The lowest BCUT2D eigenvalue weighted by Gasteiger charge is -2.28. The number of hydrogen-bond acceptors (Lipinski definition) is 7. The first-order chi connectivity index (χ1) is 22.7. The molecule has 3 N–H and O–H groups in total. The molecule has 1 saturated heterocycles. The lowest BCUT2D eigenvalue weighted by Crippen LogP contribution is -2.44. The van der Waals surface area contributed by atoms with Crippen LogP contribution in [-0.4, -0.2) is 53.7 Å². The summed E-state index contributed by atoms with van der Waals surface area (Å²) in [5.74, 6) is -0.392. The van der Waals surface area contributed by atoms with E-state index in [1.807, 2.05) is 47.3 Å². The van der Waals surface area contributed by atoms with E-state index in [4.69, 9.17) is 10.5 Å². The van der Waals surface area contributed by atoms with Gasteiger partial charge in [0.1, 0.15) is 6.04 Å². The largest absolute Gasteiger partial charge is 0.396 e. The highest BCUT2D eigenvalue weighted by Crippen LogP contribution is 2.35. The Labute approximate surface area is 268 Å². The third-order valence-corrected chi connectivity index (χ3v) is 9.57. The van der Waals surface area contributed by atoms with Crippen LogP contribution in [0.4, 0.5) is 14.5 Å². The Morgan fingerprint density at radius 2 is 1.87 bits per heavy atom. The Bertz CT molecular complexity index is 2040. The number of carbonyl (C=O) groups is 2. The zero-order chi connectivity index (χ0) is 32.8. The number of piperidine rings is 1. The van der Waals surface area contributed by atoms with Gasteiger partial charge in [-0.1, -0.05) is 18.2 Å². The highest BCUT2D eigenvalue weighted by atomic mass is 19.3. The van der Waals surface area contributed by atoms with Gasteiger partial charge in [0.2, 0.25) is 11.8 Å². The minimum absolute atomic E-state index is 0.0406. The average molecular weight is 647 g/mol. The van der Waals surface area contributed by atoms with Crippen LogP contribution < -0.4 is 16.7 Å². The van der Waals surface area contributed by atoms with Crippen molar-refractivity contribution in [3.8, 4) is 11.1 Å². The van der Waals surface area contributed by atoms with Crippen LogP contribution >= 0.6 is 0 Å². The third kappa shape index (κ3) is 5.70. The quantitative estimate of drug-likeness (QED) is 0.177. The molecule has 2 fully saturated rings. The number of nitrogens with zero attached hydrogens (tertiary/aromatic N) is 6. The van der Waals surface area contributed by atoms with E-state index >= 15 is 0 Å². The van der Waals surface area contributed by atoms with Crippen LogP contribution in [0, 0.1) is 5.92 Å². The maximum absolute atomic E-state index is 13.4. The molecule has 2 aromatic carbocycles. The predicted molar refractivity (Wildman–Crippen MR) is 171 cm³/mol. The molecule has 0 spiro atoms. The van der Waals surface area contributed by atoms with Crippen molar-refractivity contribution in [2.75, 3.05) is 18.9 Å². The molecule has 1 aliphatic heterocycles. The first kappa shape index (κ1) is 30.8. The summed E-state index contributed by atoms with van der Waals surface area (Å²) in [4.78, 5) is 37.7. The van der Waals surface area contributed by atoms with Gasteiger partial charge in [-0.15, -0.1) is 0 Å². The van der Waals surface area contributed by atoms with Crippen LogP contribution in [-0.2, 0) is 27.9 Å². The van der Waals surface area contributed by atoms with E-state index in [0.717, 1.165) is 47.7 Å². The van der Waals surface area contributed by atoms with E-state index in [1.165, 1.54) is 10.8 Å². The van der Waals surface area contributed by atoms with Gasteiger partial charge in [0, 0.05) is 37.2 Å². The Balaban J connectivity index is 0.995. The van der Waals surface area contributed by atoms with Gasteiger partial charge in [-0.2, -0.15) is 10.2 Å². The number of nitrogen functional groups attached to an aromatic ring is 1. The molecular formula is C33H36F2N8O4. The van der Waals surface area contributed by atoms with Crippen molar-refractivity contribution in [2.24, 2.45) is 13.0 Å². The van der Waals surface area contributed by atoms with E-state index in [2.05, 4.69) is 15.5 Å². The molecule has 1 atom stereocenters. The number of fused-ring (bicyclic) bond motifs is 2. The Hall–Kier alpha value is -4.85. The SMILES string of the molecule is Cn1c(=O)n(C2CCC(=O)NC2=O)c2cccc(-c3ccc4c(cnn4CCOCC4CCC(n5cc(N)c(C(F)F)n5)CC4)c3)c21. The van der Waals surface area contributed by atoms with Crippen molar-refractivity contribution in [3.05, 3.63) is 65.0 Å². The second-order valence-corrected chi connectivity index (χ2v) is 12.5. The van der Waals surface area contributed by atoms with Crippen LogP contribution in [0.5, 0.6) is 0 Å². The number of carbonyl (C=O) groups excluding carboxylic acids is 2. The number of para-hydroxylation sites is 1. The molecule has 14 heteroatoms. The number of nitrogens with one attached hydrogen (secondary N) is 1. The summed E-state index contributed by atoms with van der Waals surface area (Å²) in [6, 6.07) is 11.0. The van der Waals surface area contributed by atoms with E-state index in [-0.39, 0.29) is 41.9 Å². The Morgan fingerprint density at radius 3 is 2.62 bits per heavy atom. The molecule has 0 radical (unpaired) electrons. The highest BCUT2D eigenvalue weighted by Gasteiger charge is 2.32. The molecule has 1 aliphatic carbocycles. The maximum Gasteiger partial charge on any atom is 0.329 e. The molecule has 3 aromatic heterocycles. The summed E-state index contributed by atoms with van der Waals surface area (Å²) in [5.41, 5.74) is 9.17. The van der Waals surface area contributed by atoms with E-state index in [0.29, 0.717) is 36.7 Å². The zero-order valence-electron chi connectivity index (χ0n) is 25.9. The number of halogens is 2. The number of aryl methyl sites for hydroxylation is 1. The summed E-state index contributed by atoms with van der Waals surface area (Å²) < 4.78 is 38.7. The average Bonchev–Trinajstić information content (AvgIpc) is 3.73. The highest BCUT2D eigenvalue weighted by molar-refractivity contribution is 6.01. The van der Waals surface area contributed by atoms with Crippen molar-refractivity contribution >= 4 is 39.4 Å². The molecule has 2 amide bonds. The number of imidazole rings is 1. The van der Waals surface area contributed by atoms with Gasteiger partial charge in [-0.3, -0.25) is 33.4 Å². The van der Waals surface area contributed by atoms with Crippen molar-refractivity contribution in [1.82, 2.24) is 34.0 Å². The number of anilines is 1. The summed E-state index contributed by atoms with van der Waals surface area (Å²) in [6.07, 6.45) is 4.66. The topological polar surface area (TPSA) is 144 Å². The summed E-state index contributed by atoms with van der Waals surface area (Å²) in [7, 11) is 1.69. The van der Waals surface area contributed by atoms with Crippen molar-refractivity contribution in [1.29, 1.82) is 0 Å². The Kier molecular flexibility index (Phi) is 8.12. The molecule has 5 aromatic rings. The number of nitrogens with two attached hydrogens (primary N) is 1. The molecule has 7 rings (SSSR count). The number of ether oxygens (including phenoxy) is 1. The predicted octanol–water partition coefficient (Wildman–Crippen LogP) is 4.50. The van der Waals surface area contributed by atoms with Crippen LogP contribution in [0.2, 0.25) is 0 Å². The maximum atomic E-state index is 13.4. The number of benzene rings is 2. The lowest BCUT2D eigenvalue weighted by atomic mass is 9.86. The summed E-state index contributed by atoms with van der Waals surface area (Å²) in [5, 5.41) is 11.9. The van der Waals surface area contributed by atoms with Crippen LogP contribution in [0.15, 0.2) is 53.6 Å². The normalized spacial score (nSPS) is 20.5. The fourth-order valence-corrected chi connectivity index (χ4v) is 7.09. The minimum Gasteiger partial charge on any atom is -0.396 e. The number of alkyl halides is 2. The van der Waals surface area contributed by atoms with E-state index in [1.54, 1.807) is 16.3 Å². The molecular weight excluding hydrogens is 610 g/mol. The zero-order valence-corrected chi connectivity index (χ0v) is 25.9. The summed E-state index contributed by atoms with van der Waals surface area (Å²) in [6.45, 7) is 1.71. The first-order valence-corrected chi connectivity index (χ1v) is 15.9. The number of imide groups is 1. The van der Waals surface area contributed by atoms with Crippen molar-refractivity contribution in [2.45, 2.75) is 63.6 Å². The minimum atomic E-state index is -2.67. The standard InChI is InChI=1S/C33H36F2N8O4/c1-40-30-23(3-2-4-26(30)43(33(40)46)27-11-12-28(44)38-32(27)45)20-7-10-25-21(15-20)16-37-41(25)13-14-47-18-19-5-8-22(9-6-19)42-17-24(36)29(39-42)31(34)35/h2-4,7,10,15-17,19,22,27,31H,5-6,8-9,11-14,18,36H2,1H3,(H,38,44,45). The van der Waals surface area contributed by atoms with Gasteiger partial charge in [0.15, 0.2) is 5.69 Å². The van der Waals surface area contributed by atoms with E-state index in [9.17, 15) is 23.2 Å². The van der Waals surface area contributed by atoms with Gasteiger partial charge < -0.3 is 10.5 Å². The van der Waals surface area contributed by atoms with E-state index < -0.39 is 18.4 Å². The van der Waals surface area contributed by atoms with Crippen molar-refractivity contribution < 1.29 is 23.1 Å². The van der Waals surface area contributed by atoms with Crippen LogP contribution in [0.25, 0.3) is 33.1 Å². The molecule has 246 valence electrons. The molecule has 0 bridgehead atoms. The lowest BCUT2D eigenvalue weighted by molar-refractivity contribution is -0.135. The third-order valence-electron chi connectivity index (χ3n) is 9.57. The fourth-order valence-electron chi connectivity index (χ4n) is 7.09. The Morgan fingerprint density at radius 1 is 1.06 bits per heavy atom. The second-order valence-electron chi connectivity index (χ2n) is 12.5. The first-order valence-electron chi connectivity index (χ1n) is 15.9. The molecule has 4 heterocycles. The summed E-state index contributed by atoms with van der Waals surface area (Å²) >= 11 is 0.